The number of hydrogen-bond acceptors (Lipinski definition) is 2. The Morgan fingerprint density at radius 2 is 1.74 bits per heavy atom. The van der Waals surface area contributed by atoms with Gasteiger partial charge in [0.2, 0.25) is 0 Å². The average molecular weight is 364 g/mol. The minimum atomic E-state index is -0.580. The highest BCUT2D eigenvalue weighted by molar-refractivity contribution is 9.10. The maximum Gasteiger partial charge on any atom is 0.142 e. The summed E-state index contributed by atoms with van der Waals surface area (Å²) in [6.45, 7) is 0. The molecule has 100 valence electrons. The maximum atomic E-state index is 14.1. The molecule has 0 amide bonds. The average Bonchev–Trinajstić information content (AvgIpc) is 2.40. The van der Waals surface area contributed by atoms with Gasteiger partial charge >= 0.3 is 0 Å². The summed E-state index contributed by atoms with van der Waals surface area (Å²) in [5.74, 6) is 5.15. The van der Waals surface area contributed by atoms with Crippen molar-refractivity contribution in [3.05, 3.63) is 67.9 Å². The van der Waals surface area contributed by atoms with E-state index in [9.17, 15) is 4.39 Å². The van der Waals surface area contributed by atoms with Crippen molar-refractivity contribution in [1.29, 1.82) is 0 Å². The highest BCUT2D eigenvalue weighted by Gasteiger charge is 2.21. The molecule has 0 radical (unpaired) electrons. The van der Waals surface area contributed by atoms with Gasteiger partial charge in [-0.05, 0) is 33.6 Å². The summed E-state index contributed by atoms with van der Waals surface area (Å²) < 4.78 is 14.5. The van der Waals surface area contributed by atoms with Crippen LogP contribution in [0.25, 0.3) is 0 Å². The Kier molecular flexibility index (Phi) is 4.81. The molecule has 0 bridgehead atoms. The van der Waals surface area contributed by atoms with E-state index in [-0.39, 0.29) is 5.82 Å². The molecule has 0 aliphatic carbocycles. The number of hydrogen-bond donors (Lipinski definition) is 2. The summed E-state index contributed by atoms with van der Waals surface area (Å²) in [5.41, 5.74) is 3.58. The molecule has 1 unspecified atom stereocenters. The molecular weight excluding hydrogens is 354 g/mol. The number of benzene rings is 2. The second-order valence-electron chi connectivity index (χ2n) is 3.89. The normalized spacial score (nSPS) is 12.5. The van der Waals surface area contributed by atoms with Crippen molar-refractivity contribution in [3.8, 4) is 0 Å². The van der Waals surface area contributed by atoms with Crippen LogP contribution in [-0.4, -0.2) is 0 Å². The van der Waals surface area contributed by atoms with Crippen LogP contribution in [-0.2, 0) is 0 Å². The van der Waals surface area contributed by atoms with Crippen LogP contribution in [0.1, 0.15) is 17.2 Å². The van der Waals surface area contributed by atoms with Crippen LogP contribution in [0, 0.1) is 5.82 Å². The van der Waals surface area contributed by atoms with Gasteiger partial charge in [0, 0.05) is 5.56 Å². The Hall–Kier alpha value is -0.650. The SMILES string of the molecule is NNC(c1cccc(Br)c1F)c1cccc(Cl)c1Cl. The summed E-state index contributed by atoms with van der Waals surface area (Å²) >= 11 is 15.3. The van der Waals surface area contributed by atoms with Crippen LogP contribution in [0.4, 0.5) is 4.39 Å². The summed E-state index contributed by atoms with van der Waals surface area (Å²) in [4.78, 5) is 0. The van der Waals surface area contributed by atoms with E-state index in [1.165, 1.54) is 0 Å². The third kappa shape index (κ3) is 2.93. The molecule has 19 heavy (non-hydrogen) atoms. The van der Waals surface area contributed by atoms with E-state index in [2.05, 4.69) is 21.4 Å². The van der Waals surface area contributed by atoms with Gasteiger partial charge in [0.05, 0.1) is 20.6 Å². The molecular formula is C13H10BrCl2FN2. The van der Waals surface area contributed by atoms with E-state index in [0.717, 1.165) is 0 Å². The molecule has 6 heteroatoms. The molecule has 0 heterocycles. The smallest absolute Gasteiger partial charge is 0.142 e. The fourth-order valence-electron chi connectivity index (χ4n) is 1.83. The molecule has 0 saturated carbocycles. The van der Waals surface area contributed by atoms with Gasteiger partial charge in [-0.2, -0.15) is 0 Å². The quantitative estimate of drug-likeness (QED) is 0.624. The lowest BCUT2D eigenvalue weighted by Gasteiger charge is -2.19. The van der Waals surface area contributed by atoms with Crippen LogP contribution < -0.4 is 11.3 Å². The monoisotopic (exact) mass is 362 g/mol. The number of hydrazine groups is 1. The van der Waals surface area contributed by atoms with Gasteiger partial charge in [-0.25, -0.2) is 9.82 Å². The lowest BCUT2D eigenvalue weighted by atomic mass is 9.99. The first-order chi connectivity index (χ1) is 9.06. The highest BCUT2D eigenvalue weighted by Crippen LogP contribution is 2.34. The number of rotatable bonds is 3. The van der Waals surface area contributed by atoms with Crippen molar-refractivity contribution in [3.63, 3.8) is 0 Å². The van der Waals surface area contributed by atoms with E-state index in [0.29, 0.717) is 25.6 Å². The van der Waals surface area contributed by atoms with Gasteiger partial charge < -0.3 is 0 Å². The predicted molar refractivity (Wildman–Crippen MR) is 79.7 cm³/mol. The minimum Gasteiger partial charge on any atom is -0.271 e. The maximum absolute atomic E-state index is 14.1. The van der Waals surface area contributed by atoms with E-state index in [1.54, 1.807) is 36.4 Å². The van der Waals surface area contributed by atoms with Crippen molar-refractivity contribution in [2.24, 2.45) is 5.84 Å². The largest absolute Gasteiger partial charge is 0.271 e. The van der Waals surface area contributed by atoms with Crippen molar-refractivity contribution in [1.82, 2.24) is 5.43 Å². The lowest BCUT2D eigenvalue weighted by Crippen LogP contribution is -2.29. The summed E-state index contributed by atoms with van der Waals surface area (Å²) in [5, 5.41) is 0.751. The Labute approximate surface area is 128 Å². The van der Waals surface area contributed by atoms with Crippen LogP contribution >= 0.6 is 39.1 Å². The predicted octanol–water partition coefficient (Wildman–Crippen LogP) is 4.45. The molecule has 1 atom stereocenters. The highest BCUT2D eigenvalue weighted by atomic mass is 79.9. The molecule has 2 aromatic carbocycles. The van der Waals surface area contributed by atoms with E-state index >= 15 is 0 Å². The zero-order chi connectivity index (χ0) is 14.0. The van der Waals surface area contributed by atoms with Crippen LogP contribution in [0.15, 0.2) is 40.9 Å². The second-order valence-corrected chi connectivity index (χ2v) is 5.53. The first-order valence-electron chi connectivity index (χ1n) is 5.40. The van der Waals surface area contributed by atoms with Gasteiger partial charge in [0.1, 0.15) is 5.82 Å². The minimum absolute atomic E-state index is 0.353. The third-order valence-corrected chi connectivity index (χ3v) is 4.20. The van der Waals surface area contributed by atoms with Gasteiger partial charge in [-0.1, -0.05) is 47.5 Å². The molecule has 2 rings (SSSR count). The molecule has 0 fully saturated rings. The Morgan fingerprint density at radius 1 is 1.11 bits per heavy atom. The van der Waals surface area contributed by atoms with Gasteiger partial charge in [-0.15, -0.1) is 0 Å². The first-order valence-corrected chi connectivity index (χ1v) is 6.95. The zero-order valence-corrected chi connectivity index (χ0v) is 12.7. The Bertz CT molecular complexity index is 556. The van der Waals surface area contributed by atoms with Crippen LogP contribution in [0.3, 0.4) is 0 Å². The van der Waals surface area contributed by atoms with E-state index < -0.39 is 6.04 Å². The van der Waals surface area contributed by atoms with Crippen molar-refractivity contribution >= 4 is 39.1 Å². The molecule has 2 nitrogen and oxygen atoms in total. The molecule has 2 aromatic rings. The standard InChI is InChI=1S/C13H10BrCl2FN2/c14-9-5-1-4-8(12(9)17)13(19-18)7-3-2-6-10(15)11(7)16/h1-6,13,19H,18H2. The lowest BCUT2D eigenvalue weighted by molar-refractivity contribution is 0.556. The molecule has 3 N–H and O–H groups in total. The van der Waals surface area contributed by atoms with E-state index in [1.807, 2.05) is 0 Å². The molecule has 0 aliphatic heterocycles. The molecule has 0 aromatic heterocycles. The van der Waals surface area contributed by atoms with Crippen molar-refractivity contribution in [2.45, 2.75) is 6.04 Å². The number of nitrogens with two attached hydrogens (primary N) is 1. The van der Waals surface area contributed by atoms with Crippen molar-refractivity contribution < 1.29 is 4.39 Å². The van der Waals surface area contributed by atoms with Gasteiger partial charge in [-0.3, -0.25) is 5.84 Å². The third-order valence-electron chi connectivity index (χ3n) is 2.75. The fourth-order valence-corrected chi connectivity index (χ4v) is 2.63. The van der Waals surface area contributed by atoms with Crippen LogP contribution in [0.5, 0.6) is 0 Å². The van der Waals surface area contributed by atoms with Gasteiger partial charge in [0.15, 0.2) is 0 Å². The summed E-state index contributed by atoms with van der Waals surface area (Å²) in [7, 11) is 0. The molecule has 0 aliphatic rings. The number of halogens is 4. The Morgan fingerprint density at radius 3 is 2.42 bits per heavy atom. The summed E-state index contributed by atoms with van der Waals surface area (Å²) in [6.07, 6.45) is 0. The zero-order valence-electron chi connectivity index (χ0n) is 9.63. The van der Waals surface area contributed by atoms with Crippen LogP contribution in [0.2, 0.25) is 10.0 Å². The topological polar surface area (TPSA) is 38.0 Å². The molecule has 0 spiro atoms. The Balaban J connectivity index is 2.57. The van der Waals surface area contributed by atoms with Gasteiger partial charge in [0.25, 0.3) is 0 Å². The van der Waals surface area contributed by atoms with E-state index in [4.69, 9.17) is 29.0 Å². The first kappa shape index (κ1) is 14.8. The summed E-state index contributed by atoms with van der Waals surface area (Å²) in [6, 6.07) is 9.56. The fraction of sp³-hybridized carbons (Fsp3) is 0.0769. The molecule has 0 saturated heterocycles. The number of nitrogens with one attached hydrogen (secondary N) is 1. The second kappa shape index (κ2) is 6.20. The van der Waals surface area contributed by atoms with Crippen molar-refractivity contribution in [2.75, 3.05) is 0 Å².